The van der Waals surface area contributed by atoms with Gasteiger partial charge in [-0.1, -0.05) is 6.92 Å². The number of amides is 2. The Kier molecular flexibility index (Phi) is 5.87. The van der Waals surface area contributed by atoms with Crippen molar-refractivity contribution in [1.82, 2.24) is 15.2 Å². The van der Waals surface area contributed by atoms with Gasteiger partial charge < -0.3 is 15.0 Å². The molecule has 1 saturated heterocycles. The van der Waals surface area contributed by atoms with Crippen molar-refractivity contribution < 1.29 is 14.3 Å². The number of carbonyl (C=O) groups excluding carboxylic acids is 2. The fourth-order valence-electron chi connectivity index (χ4n) is 4.27. The van der Waals surface area contributed by atoms with E-state index in [1.807, 2.05) is 24.1 Å². The van der Waals surface area contributed by atoms with Crippen molar-refractivity contribution in [3.05, 3.63) is 23.9 Å². The summed E-state index contributed by atoms with van der Waals surface area (Å²) in [5.41, 5.74) is 0.344. The SMILES string of the molecule is CCC(=O)N[C@@H]1CC[C@@]2(OC)CCN(C(=O)c3cccnc3SC)[C@H]2C1. The minimum atomic E-state index is -0.301. The first-order chi connectivity index (χ1) is 12.5. The molecule has 3 rings (SSSR count). The fraction of sp³-hybridized carbons (Fsp3) is 0.632. The van der Waals surface area contributed by atoms with E-state index in [1.165, 1.54) is 11.8 Å². The van der Waals surface area contributed by atoms with E-state index in [2.05, 4.69) is 10.3 Å². The van der Waals surface area contributed by atoms with Crippen LogP contribution in [-0.2, 0) is 9.53 Å². The van der Waals surface area contributed by atoms with Gasteiger partial charge in [-0.15, -0.1) is 11.8 Å². The summed E-state index contributed by atoms with van der Waals surface area (Å²) in [6.07, 6.45) is 7.44. The molecule has 2 aliphatic rings. The number of nitrogens with one attached hydrogen (secondary N) is 1. The van der Waals surface area contributed by atoms with E-state index in [4.69, 9.17) is 4.74 Å². The van der Waals surface area contributed by atoms with E-state index in [9.17, 15) is 9.59 Å². The molecule has 2 amide bonds. The molecule has 0 spiro atoms. The molecule has 26 heavy (non-hydrogen) atoms. The highest BCUT2D eigenvalue weighted by Gasteiger charge is 2.52. The fourth-order valence-corrected chi connectivity index (χ4v) is 4.81. The predicted molar refractivity (Wildman–Crippen MR) is 101 cm³/mol. The summed E-state index contributed by atoms with van der Waals surface area (Å²) in [6, 6.07) is 3.72. The van der Waals surface area contributed by atoms with Crippen LogP contribution in [0.15, 0.2) is 23.4 Å². The Morgan fingerprint density at radius 3 is 2.96 bits per heavy atom. The number of rotatable bonds is 5. The average molecular weight is 378 g/mol. The number of fused-ring (bicyclic) bond motifs is 1. The predicted octanol–water partition coefficient (Wildman–Crippen LogP) is 2.48. The second kappa shape index (κ2) is 7.96. The van der Waals surface area contributed by atoms with Gasteiger partial charge in [0.25, 0.3) is 5.91 Å². The second-order valence-corrected chi connectivity index (χ2v) is 7.78. The summed E-state index contributed by atoms with van der Waals surface area (Å²) in [5, 5.41) is 3.84. The molecule has 7 heteroatoms. The molecule has 6 nitrogen and oxygen atoms in total. The lowest BCUT2D eigenvalue weighted by atomic mass is 9.78. The molecule has 1 aromatic rings. The molecule has 2 fully saturated rings. The Bertz CT molecular complexity index is 684. The summed E-state index contributed by atoms with van der Waals surface area (Å²) in [4.78, 5) is 31.3. The molecule has 1 saturated carbocycles. The molecule has 1 aromatic heterocycles. The highest BCUT2D eigenvalue weighted by molar-refractivity contribution is 7.98. The molecule has 3 atom stereocenters. The number of nitrogens with zero attached hydrogens (tertiary/aromatic N) is 2. The van der Waals surface area contributed by atoms with Gasteiger partial charge in [-0.2, -0.15) is 0 Å². The Morgan fingerprint density at radius 1 is 1.46 bits per heavy atom. The Labute approximate surface area is 159 Å². The van der Waals surface area contributed by atoms with E-state index < -0.39 is 0 Å². The topological polar surface area (TPSA) is 71.5 Å². The maximum atomic E-state index is 13.3. The lowest BCUT2D eigenvalue weighted by Gasteiger charge is -2.43. The molecule has 1 aliphatic carbocycles. The Hall–Kier alpha value is -1.60. The third-order valence-corrected chi connectivity index (χ3v) is 6.44. The summed E-state index contributed by atoms with van der Waals surface area (Å²) in [6.45, 7) is 2.53. The molecule has 142 valence electrons. The monoisotopic (exact) mass is 377 g/mol. The third-order valence-electron chi connectivity index (χ3n) is 5.73. The first-order valence-corrected chi connectivity index (χ1v) is 10.4. The standard InChI is InChI=1S/C19H27N3O3S/c1-4-16(23)21-13-7-8-19(25-2)9-11-22(15(19)12-13)18(24)14-6-5-10-20-17(14)26-3/h5-6,10,13,15H,4,7-9,11-12H2,1-3H3,(H,21,23)/t13-,15+,19-/m1/s1. The van der Waals surface area contributed by atoms with Crippen LogP contribution < -0.4 is 5.32 Å². The zero-order valence-corrected chi connectivity index (χ0v) is 16.5. The molecule has 0 radical (unpaired) electrons. The van der Waals surface area contributed by atoms with Crippen molar-refractivity contribution in [2.24, 2.45) is 0 Å². The van der Waals surface area contributed by atoms with Crippen LogP contribution in [0.4, 0.5) is 0 Å². The van der Waals surface area contributed by atoms with Crippen LogP contribution in [-0.4, -0.2) is 59.3 Å². The Balaban J connectivity index is 1.83. The van der Waals surface area contributed by atoms with Crippen LogP contribution in [0.25, 0.3) is 0 Å². The average Bonchev–Trinajstić information content (AvgIpc) is 3.06. The van der Waals surface area contributed by atoms with Gasteiger partial charge in [-0.3, -0.25) is 9.59 Å². The maximum absolute atomic E-state index is 13.3. The highest BCUT2D eigenvalue weighted by atomic mass is 32.2. The molecule has 0 bridgehead atoms. The molecular formula is C19H27N3O3S. The summed E-state index contributed by atoms with van der Waals surface area (Å²) < 4.78 is 5.93. The van der Waals surface area contributed by atoms with E-state index in [1.54, 1.807) is 19.4 Å². The number of carbonyl (C=O) groups is 2. The number of aromatic nitrogens is 1. The summed E-state index contributed by atoms with van der Waals surface area (Å²) in [5.74, 6) is 0.0709. The molecule has 0 aromatic carbocycles. The van der Waals surface area contributed by atoms with Crippen molar-refractivity contribution in [2.75, 3.05) is 19.9 Å². The Morgan fingerprint density at radius 2 is 2.27 bits per heavy atom. The largest absolute Gasteiger partial charge is 0.376 e. The number of methoxy groups -OCH3 is 1. The molecular weight excluding hydrogens is 350 g/mol. The first-order valence-electron chi connectivity index (χ1n) is 9.19. The zero-order valence-electron chi connectivity index (χ0n) is 15.7. The molecule has 1 N–H and O–H groups in total. The van der Waals surface area contributed by atoms with Crippen molar-refractivity contribution >= 4 is 23.6 Å². The van der Waals surface area contributed by atoms with Crippen LogP contribution in [0.5, 0.6) is 0 Å². The van der Waals surface area contributed by atoms with Crippen molar-refractivity contribution in [1.29, 1.82) is 0 Å². The van der Waals surface area contributed by atoms with Gasteiger partial charge in [0.15, 0.2) is 0 Å². The van der Waals surface area contributed by atoms with Gasteiger partial charge in [0.1, 0.15) is 5.03 Å². The third kappa shape index (κ3) is 3.47. The number of hydrogen-bond donors (Lipinski definition) is 1. The van der Waals surface area contributed by atoms with Crippen LogP contribution in [0.3, 0.4) is 0 Å². The lowest BCUT2D eigenvalue weighted by Crippen LogP contribution is -2.55. The van der Waals surface area contributed by atoms with Crippen molar-refractivity contribution in [3.63, 3.8) is 0 Å². The van der Waals surface area contributed by atoms with Crippen molar-refractivity contribution in [2.45, 2.75) is 61.7 Å². The lowest BCUT2D eigenvalue weighted by molar-refractivity contribution is -0.122. The number of hydrogen-bond acceptors (Lipinski definition) is 5. The summed E-state index contributed by atoms with van der Waals surface area (Å²) in [7, 11) is 1.74. The number of thioether (sulfide) groups is 1. The quantitative estimate of drug-likeness (QED) is 0.798. The number of pyridine rings is 1. The van der Waals surface area contributed by atoms with E-state index in [0.717, 1.165) is 30.7 Å². The van der Waals surface area contributed by atoms with Gasteiger partial charge in [0.05, 0.1) is 17.2 Å². The number of likely N-dealkylation sites (tertiary alicyclic amines) is 1. The molecule has 2 heterocycles. The minimum absolute atomic E-state index is 0.00819. The minimum Gasteiger partial charge on any atom is -0.376 e. The van der Waals surface area contributed by atoms with E-state index >= 15 is 0 Å². The van der Waals surface area contributed by atoms with E-state index in [0.29, 0.717) is 18.5 Å². The van der Waals surface area contributed by atoms with Gasteiger partial charge in [0, 0.05) is 32.3 Å². The van der Waals surface area contributed by atoms with Crippen LogP contribution in [0.1, 0.15) is 49.4 Å². The van der Waals surface area contributed by atoms with E-state index in [-0.39, 0.29) is 29.5 Å². The van der Waals surface area contributed by atoms with Gasteiger partial charge >= 0.3 is 0 Å². The normalized spacial score (nSPS) is 27.9. The van der Waals surface area contributed by atoms with Crippen LogP contribution in [0, 0.1) is 0 Å². The first kappa shape index (κ1) is 19.2. The zero-order chi connectivity index (χ0) is 18.7. The van der Waals surface area contributed by atoms with Crippen LogP contribution >= 0.6 is 11.8 Å². The van der Waals surface area contributed by atoms with Gasteiger partial charge in [-0.05, 0) is 44.1 Å². The molecule has 1 aliphatic heterocycles. The van der Waals surface area contributed by atoms with Gasteiger partial charge in [0.2, 0.25) is 5.91 Å². The highest BCUT2D eigenvalue weighted by Crippen LogP contribution is 2.43. The smallest absolute Gasteiger partial charge is 0.256 e. The van der Waals surface area contributed by atoms with Gasteiger partial charge in [-0.25, -0.2) is 4.98 Å². The number of ether oxygens (including phenoxy) is 1. The second-order valence-electron chi connectivity index (χ2n) is 6.99. The summed E-state index contributed by atoms with van der Waals surface area (Å²) >= 11 is 1.48. The van der Waals surface area contributed by atoms with Crippen molar-refractivity contribution in [3.8, 4) is 0 Å². The van der Waals surface area contributed by atoms with Crippen LogP contribution in [0.2, 0.25) is 0 Å². The maximum Gasteiger partial charge on any atom is 0.256 e. The molecule has 0 unspecified atom stereocenters.